The number of carbonyl (C=O) groups is 1. The fourth-order valence-electron chi connectivity index (χ4n) is 1.90. The van der Waals surface area contributed by atoms with Gasteiger partial charge in [0.25, 0.3) is 0 Å². The fraction of sp³-hybridized carbons (Fsp3) is 0.700. The molecule has 1 aliphatic heterocycles. The zero-order valence-electron chi connectivity index (χ0n) is 8.31. The summed E-state index contributed by atoms with van der Waals surface area (Å²) in [5.74, 6) is 3.29. The highest BCUT2D eigenvalue weighted by atomic mass is 32.2. The van der Waals surface area contributed by atoms with Gasteiger partial charge in [0, 0.05) is 11.7 Å². The molecule has 2 fully saturated rings. The van der Waals surface area contributed by atoms with Crippen molar-refractivity contribution in [2.24, 2.45) is 0 Å². The Labute approximate surface area is 91.8 Å². The van der Waals surface area contributed by atoms with Crippen molar-refractivity contribution >= 4 is 17.5 Å². The second kappa shape index (κ2) is 3.63. The standard InChI is InChI=1S/C10H12N2O2S/c13-8-5-15-4-7(8)10-11-9(12-14-10)6-2-1-3-6/h6-7H,1-5H2. The lowest BCUT2D eigenvalue weighted by atomic mass is 9.85. The molecule has 5 heteroatoms. The summed E-state index contributed by atoms with van der Waals surface area (Å²) in [6.45, 7) is 0. The van der Waals surface area contributed by atoms with Crippen LogP contribution < -0.4 is 0 Å². The van der Waals surface area contributed by atoms with Crippen LogP contribution in [0, 0.1) is 0 Å². The molecule has 0 amide bonds. The molecule has 80 valence electrons. The SMILES string of the molecule is O=C1CSCC1c1nc(C2CCC2)no1. The van der Waals surface area contributed by atoms with Crippen molar-refractivity contribution in [3.05, 3.63) is 11.7 Å². The van der Waals surface area contributed by atoms with Gasteiger partial charge in [0.1, 0.15) is 5.92 Å². The minimum absolute atomic E-state index is 0.142. The number of carbonyl (C=O) groups excluding carboxylic acids is 1. The number of ketones is 1. The van der Waals surface area contributed by atoms with Crippen LogP contribution in [0.15, 0.2) is 4.52 Å². The highest BCUT2D eigenvalue weighted by Crippen LogP contribution is 2.36. The van der Waals surface area contributed by atoms with E-state index in [1.165, 1.54) is 6.42 Å². The number of thioether (sulfide) groups is 1. The minimum Gasteiger partial charge on any atom is -0.339 e. The van der Waals surface area contributed by atoms with E-state index in [1.807, 2.05) is 0 Å². The van der Waals surface area contributed by atoms with Crippen molar-refractivity contribution in [3.63, 3.8) is 0 Å². The summed E-state index contributed by atoms with van der Waals surface area (Å²) in [5, 5.41) is 3.97. The lowest BCUT2D eigenvalue weighted by Crippen LogP contribution is -2.12. The fourth-order valence-corrected chi connectivity index (χ4v) is 2.99. The van der Waals surface area contributed by atoms with Crippen LogP contribution in [0.2, 0.25) is 0 Å². The molecule has 2 heterocycles. The molecule has 0 N–H and O–H groups in total. The third-order valence-corrected chi connectivity index (χ3v) is 4.20. The molecule has 4 nitrogen and oxygen atoms in total. The van der Waals surface area contributed by atoms with Crippen molar-refractivity contribution in [1.82, 2.24) is 10.1 Å². The van der Waals surface area contributed by atoms with E-state index in [2.05, 4.69) is 10.1 Å². The summed E-state index contributed by atoms with van der Waals surface area (Å²) in [6.07, 6.45) is 3.57. The van der Waals surface area contributed by atoms with Gasteiger partial charge < -0.3 is 4.52 Å². The summed E-state index contributed by atoms with van der Waals surface area (Å²) in [5.41, 5.74) is 0. The van der Waals surface area contributed by atoms with Gasteiger partial charge in [-0.25, -0.2) is 0 Å². The van der Waals surface area contributed by atoms with Gasteiger partial charge in [0.05, 0.1) is 5.75 Å². The molecule has 1 aromatic heterocycles. The molecule has 15 heavy (non-hydrogen) atoms. The van der Waals surface area contributed by atoms with Gasteiger partial charge in [-0.3, -0.25) is 4.79 Å². The monoisotopic (exact) mass is 224 g/mol. The maximum atomic E-state index is 11.5. The number of Topliss-reactive ketones (excluding diaryl/α,β-unsaturated/α-hetero) is 1. The number of hydrogen-bond acceptors (Lipinski definition) is 5. The van der Waals surface area contributed by atoms with E-state index in [0.717, 1.165) is 24.4 Å². The van der Waals surface area contributed by atoms with Crippen LogP contribution in [0.25, 0.3) is 0 Å². The van der Waals surface area contributed by atoms with E-state index in [4.69, 9.17) is 4.52 Å². The third kappa shape index (κ3) is 1.58. The molecule has 0 bridgehead atoms. The Morgan fingerprint density at radius 1 is 1.40 bits per heavy atom. The number of nitrogens with zero attached hydrogens (tertiary/aromatic N) is 2. The predicted octanol–water partition coefficient (Wildman–Crippen LogP) is 1.74. The maximum Gasteiger partial charge on any atom is 0.238 e. The first-order valence-corrected chi connectivity index (χ1v) is 6.44. The Balaban J connectivity index is 1.80. The summed E-state index contributed by atoms with van der Waals surface area (Å²) >= 11 is 1.65. The van der Waals surface area contributed by atoms with Crippen molar-refractivity contribution in [2.75, 3.05) is 11.5 Å². The first-order chi connectivity index (χ1) is 7.34. The maximum absolute atomic E-state index is 11.5. The van der Waals surface area contributed by atoms with Gasteiger partial charge in [-0.15, -0.1) is 0 Å². The third-order valence-electron chi connectivity index (χ3n) is 3.14. The lowest BCUT2D eigenvalue weighted by Gasteiger charge is -2.20. The highest BCUT2D eigenvalue weighted by Gasteiger charge is 2.33. The van der Waals surface area contributed by atoms with Gasteiger partial charge in [0.2, 0.25) is 5.89 Å². The smallest absolute Gasteiger partial charge is 0.238 e. The molecule has 2 aliphatic rings. The zero-order valence-corrected chi connectivity index (χ0v) is 9.13. The average molecular weight is 224 g/mol. The summed E-state index contributed by atoms with van der Waals surface area (Å²) < 4.78 is 5.18. The predicted molar refractivity (Wildman–Crippen MR) is 56.0 cm³/mol. The molecule has 1 aliphatic carbocycles. The normalized spacial score (nSPS) is 26.9. The van der Waals surface area contributed by atoms with E-state index in [-0.39, 0.29) is 11.7 Å². The molecule has 0 radical (unpaired) electrons. The molecule has 1 aromatic rings. The second-order valence-electron chi connectivity index (χ2n) is 4.15. The van der Waals surface area contributed by atoms with Gasteiger partial charge >= 0.3 is 0 Å². The summed E-state index contributed by atoms with van der Waals surface area (Å²) in [6, 6.07) is 0. The Bertz CT molecular complexity index is 387. The number of hydrogen-bond donors (Lipinski definition) is 0. The van der Waals surface area contributed by atoms with Crippen LogP contribution in [0.5, 0.6) is 0 Å². The van der Waals surface area contributed by atoms with Crippen LogP contribution in [0.1, 0.15) is 42.8 Å². The highest BCUT2D eigenvalue weighted by molar-refractivity contribution is 8.00. The molecular formula is C10H12N2O2S. The molecule has 1 saturated carbocycles. The molecule has 0 spiro atoms. The van der Waals surface area contributed by atoms with Crippen molar-refractivity contribution in [1.29, 1.82) is 0 Å². The zero-order chi connectivity index (χ0) is 10.3. The average Bonchev–Trinajstić information content (AvgIpc) is 2.70. The van der Waals surface area contributed by atoms with Crippen LogP contribution in [-0.4, -0.2) is 27.4 Å². The van der Waals surface area contributed by atoms with E-state index >= 15 is 0 Å². The molecule has 0 aromatic carbocycles. The van der Waals surface area contributed by atoms with Gasteiger partial charge in [-0.05, 0) is 12.8 Å². The van der Waals surface area contributed by atoms with Gasteiger partial charge in [-0.2, -0.15) is 16.7 Å². The van der Waals surface area contributed by atoms with Crippen LogP contribution in [0.3, 0.4) is 0 Å². The quantitative estimate of drug-likeness (QED) is 0.765. The summed E-state index contributed by atoms with van der Waals surface area (Å²) in [4.78, 5) is 15.8. The molecule has 3 rings (SSSR count). The molecule has 1 unspecified atom stereocenters. The summed E-state index contributed by atoms with van der Waals surface area (Å²) in [7, 11) is 0. The molecule has 1 saturated heterocycles. The first-order valence-electron chi connectivity index (χ1n) is 5.28. The van der Waals surface area contributed by atoms with E-state index < -0.39 is 0 Å². The Hall–Kier alpha value is -0.840. The van der Waals surface area contributed by atoms with Crippen LogP contribution in [-0.2, 0) is 4.79 Å². The van der Waals surface area contributed by atoms with Gasteiger partial charge in [-0.1, -0.05) is 11.6 Å². The molecular weight excluding hydrogens is 212 g/mol. The van der Waals surface area contributed by atoms with Gasteiger partial charge in [0.15, 0.2) is 11.6 Å². The first kappa shape index (κ1) is 9.39. The van der Waals surface area contributed by atoms with Crippen LogP contribution in [0.4, 0.5) is 0 Å². The van der Waals surface area contributed by atoms with Crippen molar-refractivity contribution in [2.45, 2.75) is 31.1 Å². The molecule has 1 atom stereocenters. The van der Waals surface area contributed by atoms with Crippen molar-refractivity contribution < 1.29 is 9.32 Å². The topological polar surface area (TPSA) is 56.0 Å². The Kier molecular flexibility index (Phi) is 2.27. The van der Waals surface area contributed by atoms with E-state index in [9.17, 15) is 4.79 Å². The Morgan fingerprint density at radius 2 is 2.27 bits per heavy atom. The lowest BCUT2D eigenvalue weighted by molar-refractivity contribution is -0.117. The van der Waals surface area contributed by atoms with Crippen molar-refractivity contribution in [3.8, 4) is 0 Å². The number of rotatable bonds is 2. The van der Waals surface area contributed by atoms with Crippen LogP contribution >= 0.6 is 11.8 Å². The second-order valence-corrected chi connectivity index (χ2v) is 5.18. The minimum atomic E-state index is -0.142. The largest absolute Gasteiger partial charge is 0.339 e. The number of aromatic nitrogens is 2. The van der Waals surface area contributed by atoms with E-state index in [1.54, 1.807) is 11.8 Å². The van der Waals surface area contributed by atoms with E-state index in [0.29, 0.717) is 17.6 Å². The Morgan fingerprint density at radius 3 is 2.87 bits per heavy atom.